The summed E-state index contributed by atoms with van der Waals surface area (Å²) in [6.07, 6.45) is 18.4. The Bertz CT molecular complexity index is 470. The molecule has 0 amide bonds. The van der Waals surface area contributed by atoms with E-state index in [0.717, 1.165) is 19.4 Å². The third kappa shape index (κ3) is 12.4. The average molecular weight is 347 g/mol. The van der Waals surface area contributed by atoms with Gasteiger partial charge in [0.05, 0.1) is 6.61 Å². The smallest absolute Gasteiger partial charge is 0.333 e. The largest absolute Gasteiger partial charge is 0.462 e. The zero-order valence-electron chi connectivity index (χ0n) is 16.0. The Morgan fingerprint density at radius 1 is 0.800 bits per heavy atom. The predicted molar refractivity (Wildman–Crippen MR) is 103 cm³/mol. The molecule has 1 heterocycles. The van der Waals surface area contributed by atoms with Crippen LogP contribution < -0.4 is 4.57 Å². The Morgan fingerprint density at radius 2 is 1.28 bits per heavy atom. The number of carbonyl (C=O) groups is 1. The van der Waals surface area contributed by atoms with Gasteiger partial charge in [0, 0.05) is 24.1 Å². The van der Waals surface area contributed by atoms with Gasteiger partial charge in [-0.2, -0.15) is 0 Å². The van der Waals surface area contributed by atoms with Crippen molar-refractivity contribution < 1.29 is 14.1 Å². The second kappa shape index (κ2) is 14.7. The van der Waals surface area contributed by atoms with Crippen molar-refractivity contribution >= 4 is 5.97 Å². The standard InChI is InChI=1S/C22H36NO2/c1-21(2)22(24)25-20-16-11-9-7-5-3-4-6-8-10-13-17-23-18-14-12-15-19-23/h12,14-15,18-19H,1,3-11,13,16-17,20H2,2H3/q+1. The molecule has 0 unspecified atom stereocenters. The van der Waals surface area contributed by atoms with Crippen molar-refractivity contribution in [3.8, 4) is 0 Å². The molecule has 3 heteroatoms. The van der Waals surface area contributed by atoms with Gasteiger partial charge < -0.3 is 4.74 Å². The minimum Gasteiger partial charge on any atom is -0.462 e. The number of aryl methyl sites for hydroxylation is 1. The molecule has 0 aromatic carbocycles. The first-order valence-electron chi connectivity index (χ1n) is 9.97. The van der Waals surface area contributed by atoms with Gasteiger partial charge in [0.1, 0.15) is 6.54 Å². The fraction of sp³-hybridized carbons (Fsp3) is 0.636. The first kappa shape index (κ1) is 21.4. The number of nitrogens with zero attached hydrogens (tertiary/aromatic N) is 1. The Labute approximate surface area is 154 Å². The van der Waals surface area contributed by atoms with Crippen molar-refractivity contribution in [2.75, 3.05) is 6.61 Å². The maximum absolute atomic E-state index is 11.2. The van der Waals surface area contributed by atoms with Crippen molar-refractivity contribution in [2.45, 2.75) is 84.1 Å². The van der Waals surface area contributed by atoms with E-state index < -0.39 is 0 Å². The minimum absolute atomic E-state index is 0.262. The molecule has 1 rings (SSSR count). The zero-order valence-corrected chi connectivity index (χ0v) is 16.0. The summed E-state index contributed by atoms with van der Waals surface area (Å²) < 4.78 is 7.35. The van der Waals surface area contributed by atoms with Crippen molar-refractivity contribution in [3.63, 3.8) is 0 Å². The van der Waals surface area contributed by atoms with Crippen LogP contribution in [0.4, 0.5) is 0 Å². The van der Waals surface area contributed by atoms with E-state index in [9.17, 15) is 4.79 Å². The summed E-state index contributed by atoms with van der Waals surface area (Å²) in [5.74, 6) is -0.262. The topological polar surface area (TPSA) is 30.2 Å². The quantitative estimate of drug-likeness (QED) is 0.185. The lowest BCUT2D eigenvalue weighted by molar-refractivity contribution is -0.697. The van der Waals surface area contributed by atoms with E-state index in [1.165, 1.54) is 57.8 Å². The van der Waals surface area contributed by atoms with E-state index in [4.69, 9.17) is 4.74 Å². The van der Waals surface area contributed by atoms with Crippen LogP contribution in [-0.4, -0.2) is 12.6 Å². The van der Waals surface area contributed by atoms with E-state index in [2.05, 4.69) is 41.7 Å². The summed E-state index contributed by atoms with van der Waals surface area (Å²) >= 11 is 0. The van der Waals surface area contributed by atoms with Crippen LogP contribution in [0.1, 0.15) is 77.6 Å². The highest BCUT2D eigenvalue weighted by atomic mass is 16.5. The molecule has 0 aliphatic carbocycles. The molecule has 0 N–H and O–H groups in total. The summed E-state index contributed by atoms with van der Waals surface area (Å²) in [7, 11) is 0. The Kier molecular flexibility index (Phi) is 12.6. The molecule has 25 heavy (non-hydrogen) atoms. The van der Waals surface area contributed by atoms with Gasteiger partial charge in [-0.1, -0.05) is 64.0 Å². The third-order valence-electron chi connectivity index (χ3n) is 4.42. The van der Waals surface area contributed by atoms with Gasteiger partial charge in [0.15, 0.2) is 12.4 Å². The number of unbranched alkanes of at least 4 members (excludes halogenated alkanes) is 10. The fourth-order valence-corrected chi connectivity index (χ4v) is 2.86. The number of pyridine rings is 1. The molecule has 0 saturated heterocycles. The summed E-state index contributed by atoms with van der Waals surface area (Å²) in [6.45, 7) is 6.93. The first-order valence-corrected chi connectivity index (χ1v) is 9.97. The van der Waals surface area contributed by atoms with Crippen LogP contribution in [-0.2, 0) is 16.1 Å². The number of hydrogen-bond donors (Lipinski definition) is 0. The van der Waals surface area contributed by atoms with Crippen LogP contribution >= 0.6 is 0 Å². The molecular formula is C22H36NO2+. The molecule has 0 bridgehead atoms. The van der Waals surface area contributed by atoms with Crippen LogP contribution in [0, 0.1) is 0 Å². The Morgan fingerprint density at radius 3 is 1.80 bits per heavy atom. The molecule has 1 aromatic rings. The Hall–Kier alpha value is -1.64. The number of ether oxygens (including phenoxy) is 1. The molecule has 0 spiro atoms. The predicted octanol–water partition coefficient (Wildman–Crippen LogP) is 5.38. The first-order chi connectivity index (χ1) is 12.2. The van der Waals surface area contributed by atoms with E-state index in [0.29, 0.717) is 12.2 Å². The van der Waals surface area contributed by atoms with E-state index in [1.54, 1.807) is 6.92 Å². The van der Waals surface area contributed by atoms with E-state index >= 15 is 0 Å². The van der Waals surface area contributed by atoms with Crippen molar-refractivity contribution in [2.24, 2.45) is 0 Å². The number of hydrogen-bond acceptors (Lipinski definition) is 2. The summed E-state index contributed by atoms with van der Waals surface area (Å²) in [5, 5.41) is 0. The van der Waals surface area contributed by atoms with Crippen molar-refractivity contribution in [1.82, 2.24) is 0 Å². The molecular weight excluding hydrogens is 310 g/mol. The van der Waals surface area contributed by atoms with Crippen molar-refractivity contribution in [1.29, 1.82) is 0 Å². The number of carbonyl (C=O) groups excluding carboxylic acids is 1. The van der Waals surface area contributed by atoms with Gasteiger partial charge >= 0.3 is 5.97 Å². The number of aromatic nitrogens is 1. The molecule has 3 nitrogen and oxygen atoms in total. The third-order valence-corrected chi connectivity index (χ3v) is 4.42. The highest BCUT2D eigenvalue weighted by Gasteiger charge is 2.02. The van der Waals surface area contributed by atoms with Crippen LogP contribution in [0.5, 0.6) is 0 Å². The molecule has 1 aromatic heterocycles. The summed E-state index contributed by atoms with van der Waals surface area (Å²) in [6, 6.07) is 6.25. The molecule has 0 saturated carbocycles. The molecule has 140 valence electrons. The normalized spacial score (nSPS) is 10.6. The highest BCUT2D eigenvalue weighted by Crippen LogP contribution is 2.11. The van der Waals surface area contributed by atoms with E-state index in [1.807, 2.05) is 0 Å². The molecule has 0 radical (unpaired) electrons. The van der Waals surface area contributed by atoms with Gasteiger partial charge in [-0.3, -0.25) is 0 Å². The van der Waals surface area contributed by atoms with Crippen LogP contribution in [0.15, 0.2) is 42.7 Å². The lowest BCUT2D eigenvalue weighted by Crippen LogP contribution is -2.32. The van der Waals surface area contributed by atoms with Crippen LogP contribution in [0.3, 0.4) is 0 Å². The second-order valence-corrected chi connectivity index (χ2v) is 6.92. The van der Waals surface area contributed by atoms with Gasteiger partial charge in [0.25, 0.3) is 0 Å². The van der Waals surface area contributed by atoms with Crippen LogP contribution in [0.25, 0.3) is 0 Å². The van der Waals surface area contributed by atoms with Crippen molar-refractivity contribution in [3.05, 3.63) is 42.7 Å². The van der Waals surface area contributed by atoms with Crippen LogP contribution in [0.2, 0.25) is 0 Å². The average Bonchev–Trinajstić information content (AvgIpc) is 2.62. The lowest BCUT2D eigenvalue weighted by Gasteiger charge is -2.04. The Balaban J connectivity index is 1.76. The monoisotopic (exact) mass is 346 g/mol. The minimum atomic E-state index is -0.262. The van der Waals surface area contributed by atoms with Gasteiger partial charge in [-0.05, 0) is 19.8 Å². The van der Waals surface area contributed by atoms with Gasteiger partial charge in [0.2, 0.25) is 0 Å². The summed E-state index contributed by atoms with van der Waals surface area (Å²) in [5.41, 5.74) is 0.485. The molecule has 0 atom stereocenters. The molecule has 0 aliphatic heterocycles. The number of esters is 1. The maximum atomic E-state index is 11.2. The fourth-order valence-electron chi connectivity index (χ4n) is 2.86. The zero-order chi connectivity index (χ0) is 18.2. The highest BCUT2D eigenvalue weighted by molar-refractivity contribution is 5.86. The van der Waals surface area contributed by atoms with Gasteiger partial charge in [-0.15, -0.1) is 0 Å². The maximum Gasteiger partial charge on any atom is 0.333 e. The second-order valence-electron chi connectivity index (χ2n) is 6.92. The van der Waals surface area contributed by atoms with Gasteiger partial charge in [-0.25, -0.2) is 9.36 Å². The number of rotatable bonds is 15. The van der Waals surface area contributed by atoms with E-state index in [-0.39, 0.29) is 5.97 Å². The SMILES string of the molecule is C=C(C)C(=O)OCCCCCCCCCCCCC[n+]1ccccc1. The molecule has 0 aliphatic rings. The molecule has 0 fully saturated rings. The lowest BCUT2D eigenvalue weighted by atomic mass is 10.1. The summed E-state index contributed by atoms with van der Waals surface area (Å²) in [4.78, 5) is 11.2.